The van der Waals surface area contributed by atoms with Crippen molar-refractivity contribution in [2.75, 3.05) is 25.0 Å². The molecule has 0 bridgehead atoms. The molecule has 2 aromatic carbocycles. The van der Waals surface area contributed by atoms with Crippen molar-refractivity contribution in [3.05, 3.63) is 71.6 Å². The van der Waals surface area contributed by atoms with Crippen LogP contribution in [-0.4, -0.2) is 42.7 Å². The minimum Gasteiger partial charge on any atom is -0.490 e. The number of anilines is 1. The summed E-state index contributed by atoms with van der Waals surface area (Å²) in [6.07, 6.45) is 3.29. The van der Waals surface area contributed by atoms with Crippen molar-refractivity contribution < 1.29 is 19.1 Å². The van der Waals surface area contributed by atoms with Crippen LogP contribution in [0.4, 0.5) is 10.5 Å². The van der Waals surface area contributed by atoms with Crippen LogP contribution in [0, 0.1) is 0 Å². The van der Waals surface area contributed by atoms with Gasteiger partial charge in [-0.15, -0.1) is 11.3 Å². The topological polar surface area (TPSA) is 67.9 Å². The molecule has 0 saturated carbocycles. The predicted octanol–water partition coefficient (Wildman–Crippen LogP) is 6.45. The van der Waals surface area contributed by atoms with Gasteiger partial charge in [0.1, 0.15) is 11.9 Å². The van der Waals surface area contributed by atoms with E-state index in [1.54, 1.807) is 4.90 Å². The summed E-state index contributed by atoms with van der Waals surface area (Å²) in [4.78, 5) is 28.1. The largest absolute Gasteiger partial charge is 0.490 e. The number of amides is 2. The van der Waals surface area contributed by atoms with E-state index in [2.05, 4.69) is 12.2 Å². The van der Waals surface area contributed by atoms with Crippen LogP contribution in [-0.2, 0) is 4.74 Å². The van der Waals surface area contributed by atoms with Gasteiger partial charge in [-0.05, 0) is 48.4 Å². The van der Waals surface area contributed by atoms with Gasteiger partial charge in [0.15, 0.2) is 0 Å². The zero-order chi connectivity index (χ0) is 23.8. The molecule has 2 amide bonds. The smallest absolute Gasteiger partial charge is 0.409 e. The minimum atomic E-state index is -0.223. The number of rotatable bonds is 8. The van der Waals surface area contributed by atoms with Crippen molar-refractivity contribution in [2.45, 2.75) is 38.7 Å². The lowest BCUT2D eigenvalue weighted by Crippen LogP contribution is -2.42. The molecule has 7 heteroatoms. The Morgan fingerprint density at radius 3 is 2.59 bits per heavy atom. The molecule has 178 valence electrons. The third kappa shape index (κ3) is 6.38. The van der Waals surface area contributed by atoms with E-state index in [4.69, 9.17) is 9.47 Å². The molecule has 1 saturated heterocycles. The maximum absolute atomic E-state index is 12.6. The first-order valence-corrected chi connectivity index (χ1v) is 12.6. The molecular formula is C27H30N2O4S. The standard InChI is InChI=1S/C27H30N2O4S/c1-2-3-18-32-27(31)29-16-14-22(15-17-29)33-23-11-7-8-20(19-23)24-12-13-25(34-24)26(30)28-21-9-5-4-6-10-21/h4-13,19,22H,2-3,14-18H2,1H3,(H,28,30). The van der Waals surface area contributed by atoms with Crippen molar-refractivity contribution in [2.24, 2.45) is 0 Å². The number of piperidine rings is 1. The van der Waals surface area contributed by atoms with Gasteiger partial charge in [-0.2, -0.15) is 0 Å². The highest BCUT2D eigenvalue weighted by Crippen LogP contribution is 2.31. The maximum Gasteiger partial charge on any atom is 0.409 e. The van der Waals surface area contributed by atoms with Crippen LogP contribution in [0.5, 0.6) is 5.75 Å². The summed E-state index contributed by atoms with van der Waals surface area (Å²) in [5, 5.41) is 2.92. The van der Waals surface area contributed by atoms with Gasteiger partial charge in [0, 0.05) is 36.5 Å². The average Bonchev–Trinajstić information content (AvgIpc) is 3.36. The molecule has 1 aromatic heterocycles. The van der Waals surface area contributed by atoms with Crippen molar-refractivity contribution in [3.8, 4) is 16.2 Å². The highest BCUT2D eigenvalue weighted by Gasteiger charge is 2.25. The molecule has 0 aliphatic carbocycles. The molecule has 1 aliphatic rings. The molecule has 0 radical (unpaired) electrons. The highest BCUT2D eigenvalue weighted by molar-refractivity contribution is 7.17. The van der Waals surface area contributed by atoms with Crippen LogP contribution in [0.2, 0.25) is 0 Å². The summed E-state index contributed by atoms with van der Waals surface area (Å²) < 4.78 is 11.5. The van der Waals surface area contributed by atoms with Gasteiger partial charge in [-0.3, -0.25) is 4.79 Å². The minimum absolute atomic E-state index is 0.0606. The van der Waals surface area contributed by atoms with Gasteiger partial charge in [-0.25, -0.2) is 4.79 Å². The van der Waals surface area contributed by atoms with Crippen molar-refractivity contribution in [1.29, 1.82) is 0 Å². The van der Waals surface area contributed by atoms with E-state index in [0.717, 1.165) is 47.6 Å². The molecule has 3 aromatic rings. The first kappa shape index (κ1) is 23.8. The summed E-state index contributed by atoms with van der Waals surface area (Å²) in [6, 6.07) is 21.2. The number of unbranched alkanes of at least 4 members (excludes halogenated alkanes) is 1. The van der Waals surface area contributed by atoms with Gasteiger partial charge in [0.05, 0.1) is 11.5 Å². The van der Waals surface area contributed by atoms with Crippen molar-refractivity contribution >= 4 is 29.0 Å². The van der Waals surface area contributed by atoms with Crippen LogP contribution >= 0.6 is 11.3 Å². The Labute approximate surface area is 204 Å². The Kier molecular flexibility index (Phi) is 8.20. The Morgan fingerprint density at radius 1 is 1.03 bits per heavy atom. The second-order valence-electron chi connectivity index (χ2n) is 8.28. The number of hydrogen-bond acceptors (Lipinski definition) is 5. The second-order valence-corrected chi connectivity index (χ2v) is 9.37. The maximum atomic E-state index is 12.6. The first-order chi connectivity index (χ1) is 16.6. The first-order valence-electron chi connectivity index (χ1n) is 11.8. The number of carbonyl (C=O) groups is 2. The molecule has 0 unspecified atom stereocenters. The van der Waals surface area contributed by atoms with Crippen LogP contribution < -0.4 is 10.1 Å². The molecule has 0 spiro atoms. The lowest BCUT2D eigenvalue weighted by molar-refractivity contribution is 0.0670. The quantitative estimate of drug-likeness (QED) is 0.378. The number of nitrogens with zero attached hydrogens (tertiary/aromatic N) is 1. The van der Waals surface area contributed by atoms with Gasteiger partial charge in [0.25, 0.3) is 5.91 Å². The summed E-state index contributed by atoms with van der Waals surface area (Å²) in [7, 11) is 0. The van der Waals surface area contributed by atoms with Crippen molar-refractivity contribution in [3.63, 3.8) is 0 Å². The van der Waals surface area contributed by atoms with Crippen LogP contribution in [0.3, 0.4) is 0 Å². The van der Waals surface area contributed by atoms with E-state index in [1.165, 1.54) is 11.3 Å². The number of carbonyl (C=O) groups excluding carboxylic acids is 2. The molecule has 4 rings (SSSR count). The molecule has 34 heavy (non-hydrogen) atoms. The van der Waals surface area contributed by atoms with E-state index in [-0.39, 0.29) is 18.1 Å². The zero-order valence-electron chi connectivity index (χ0n) is 19.4. The van der Waals surface area contributed by atoms with E-state index in [1.807, 2.05) is 66.7 Å². The number of hydrogen-bond donors (Lipinski definition) is 1. The zero-order valence-corrected chi connectivity index (χ0v) is 20.2. The summed E-state index contributed by atoms with van der Waals surface area (Å²) in [5.41, 5.74) is 1.79. The fourth-order valence-corrected chi connectivity index (χ4v) is 4.69. The fourth-order valence-electron chi connectivity index (χ4n) is 3.80. The number of benzene rings is 2. The molecule has 1 fully saturated rings. The normalized spacial score (nSPS) is 14.0. The van der Waals surface area contributed by atoms with Crippen LogP contribution in [0.1, 0.15) is 42.3 Å². The van der Waals surface area contributed by atoms with Gasteiger partial charge in [0.2, 0.25) is 0 Å². The summed E-state index contributed by atoms with van der Waals surface area (Å²) in [5.74, 6) is 0.681. The fraction of sp³-hybridized carbons (Fsp3) is 0.333. The summed E-state index contributed by atoms with van der Waals surface area (Å²) >= 11 is 1.45. The Balaban J connectivity index is 1.32. The number of likely N-dealkylation sites (tertiary alicyclic amines) is 1. The second kappa shape index (κ2) is 11.7. The molecular weight excluding hydrogens is 448 g/mol. The highest BCUT2D eigenvalue weighted by atomic mass is 32.1. The Bertz CT molecular complexity index is 1090. The lowest BCUT2D eigenvalue weighted by atomic mass is 10.1. The third-order valence-electron chi connectivity index (χ3n) is 5.71. The average molecular weight is 479 g/mol. The molecule has 1 aliphatic heterocycles. The van der Waals surface area contributed by atoms with E-state index >= 15 is 0 Å². The van der Waals surface area contributed by atoms with Crippen LogP contribution in [0.25, 0.3) is 10.4 Å². The molecule has 2 heterocycles. The van der Waals surface area contributed by atoms with Crippen LogP contribution in [0.15, 0.2) is 66.7 Å². The predicted molar refractivity (Wildman–Crippen MR) is 136 cm³/mol. The van der Waals surface area contributed by atoms with Gasteiger partial charge >= 0.3 is 6.09 Å². The Morgan fingerprint density at radius 2 is 1.82 bits per heavy atom. The molecule has 0 atom stereocenters. The van der Waals surface area contributed by atoms with Gasteiger partial charge in [-0.1, -0.05) is 43.7 Å². The number of para-hydroxylation sites is 1. The molecule has 6 nitrogen and oxygen atoms in total. The van der Waals surface area contributed by atoms with Crippen molar-refractivity contribution in [1.82, 2.24) is 4.90 Å². The monoisotopic (exact) mass is 478 g/mol. The lowest BCUT2D eigenvalue weighted by Gasteiger charge is -2.31. The SMILES string of the molecule is CCCCOC(=O)N1CCC(Oc2cccc(-c3ccc(C(=O)Nc4ccccc4)s3)c2)CC1. The van der Waals surface area contributed by atoms with E-state index in [0.29, 0.717) is 24.6 Å². The number of ether oxygens (including phenoxy) is 2. The van der Waals surface area contributed by atoms with E-state index in [9.17, 15) is 9.59 Å². The summed E-state index contributed by atoms with van der Waals surface area (Å²) in [6.45, 7) is 3.84. The number of nitrogens with one attached hydrogen (secondary N) is 1. The number of thiophene rings is 1. The van der Waals surface area contributed by atoms with Gasteiger partial charge < -0.3 is 19.7 Å². The molecule has 1 N–H and O–H groups in total. The third-order valence-corrected chi connectivity index (χ3v) is 6.84. The van der Waals surface area contributed by atoms with E-state index < -0.39 is 0 Å². The Hall–Kier alpha value is -3.32.